The molecule has 1 unspecified atom stereocenters. The fourth-order valence-corrected chi connectivity index (χ4v) is 3.82. The van der Waals surface area contributed by atoms with Gasteiger partial charge in [-0.1, -0.05) is 42.5 Å². The minimum Gasteiger partial charge on any atom is -0.341 e. The van der Waals surface area contributed by atoms with Gasteiger partial charge in [0, 0.05) is 29.6 Å². The van der Waals surface area contributed by atoms with Gasteiger partial charge in [0.2, 0.25) is 0 Å². The Balaban J connectivity index is 1.79. The van der Waals surface area contributed by atoms with E-state index in [1.807, 2.05) is 12.1 Å². The third-order valence-electron chi connectivity index (χ3n) is 4.99. The van der Waals surface area contributed by atoms with Gasteiger partial charge < -0.3 is 9.47 Å². The molecule has 4 rings (SSSR count). The van der Waals surface area contributed by atoms with Crippen molar-refractivity contribution in [3.63, 3.8) is 0 Å². The molecule has 0 spiro atoms. The molecule has 0 radical (unpaired) electrons. The maximum atomic E-state index is 14.5. The number of hydrogen-bond donors (Lipinski definition) is 1. The lowest BCUT2D eigenvalue weighted by Gasteiger charge is -2.21. The monoisotopic (exact) mass is 309 g/mol. The average Bonchev–Trinajstić information content (AvgIpc) is 2.88. The molecule has 0 aliphatic carbocycles. The van der Waals surface area contributed by atoms with Gasteiger partial charge in [-0.3, -0.25) is 0 Å². The number of nitrogens with one attached hydrogen (secondary N) is 1. The van der Waals surface area contributed by atoms with Crippen LogP contribution in [0.15, 0.2) is 48.5 Å². The molecule has 1 aliphatic heterocycles. The van der Waals surface area contributed by atoms with Crippen molar-refractivity contribution in [2.45, 2.75) is 25.9 Å². The number of quaternary nitrogens is 1. The highest BCUT2D eigenvalue weighted by Gasteiger charge is 2.25. The molecule has 118 valence electrons. The largest absolute Gasteiger partial charge is 0.341 e. The van der Waals surface area contributed by atoms with Crippen LogP contribution in [0.4, 0.5) is 4.39 Å². The Morgan fingerprint density at radius 3 is 2.74 bits per heavy atom. The Labute approximate surface area is 136 Å². The summed E-state index contributed by atoms with van der Waals surface area (Å²) in [6.07, 6.45) is 1.97. The average molecular weight is 309 g/mol. The van der Waals surface area contributed by atoms with Crippen molar-refractivity contribution in [3.8, 4) is 0 Å². The van der Waals surface area contributed by atoms with Crippen LogP contribution in [0, 0.1) is 5.82 Å². The number of hydrogen-bond acceptors (Lipinski definition) is 0. The van der Waals surface area contributed by atoms with E-state index in [1.165, 1.54) is 21.7 Å². The number of nitrogens with zero attached hydrogens (tertiary/aromatic N) is 1. The summed E-state index contributed by atoms with van der Waals surface area (Å²) in [4.78, 5) is 1.50. The van der Waals surface area contributed by atoms with Crippen LogP contribution in [0.3, 0.4) is 0 Å². The molecule has 1 N–H and O–H groups in total. The highest BCUT2D eigenvalue weighted by molar-refractivity contribution is 5.86. The smallest absolute Gasteiger partial charge is 0.147 e. The van der Waals surface area contributed by atoms with Gasteiger partial charge in [-0.25, -0.2) is 4.39 Å². The van der Waals surface area contributed by atoms with Gasteiger partial charge in [-0.2, -0.15) is 0 Å². The molecule has 0 amide bonds. The number of benzene rings is 2. The number of rotatable bonds is 3. The molecule has 1 atom stereocenters. The van der Waals surface area contributed by atoms with Gasteiger partial charge in [0.15, 0.2) is 0 Å². The molecule has 23 heavy (non-hydrogen) atoms. The number of fused-ring (bicyclic) bond motifs is 3. The van der Waals surface area contributed by atoms with E-state index in [-0.39, 0.29) is 5.82 Å². The quantitative estimate of drug-likeness (QED) is 0.762. The van der Waals surface area contributed by atoms with E-state index in [4.69, 9.17) is 0 Å². The number of likely N-dealkylation sites (N-methyl/N-ethyl adjacent to an activating group) is 1. The molecule has 1 aromatic heterocycles. The fraction of sp³-hybridized carbons (Fsp3) is 0.300. The molecule has 2 aromatic carbocycles. The van der Waals surface area contributed by atoms with E-state index in [0.29, 0.717) is 0 Å². The lowest BCUT2D eigenvalue weighted by Crippen LogP contribution is -3.08. The van der Waals surface area contributed by atoms with Crippen LogP contribution < -0.4 is 4.90 Å². The number of aromatic nitrogens is 1. The van der Waals surface area contributed by atoms with Crippen molar-refractivity contribution in [1.82, 2.24) is 4.57 Å². The molecular formula is C20H22FN2+. The summed E-state index contributed by atoms with van der Waals surface area (Å²) in [7, 11) is 2.22. The van der Waals surface area contributed by atoms with Crippen molar-refractivity contribution < 1.29 is 9.29 Å². The lowest BCUT2D eigenvalue weighted by molar-refractivity contribution is -0.895. The summed E-state index contributed by atoms with van der Waals surface area (Å²) in [6.45, 7) is 2.96. The molecule has 2 heterocycles. The first-order chi connectivity index (χ1) is 11.2. The third-order valence-corrected chi connectivity index (χ3v) is 4.99. The molecule has 0 bridgehead atoms. The molecule has 3 aromatic rings. The Morgan fingerprint density at radius 1 is 1.09 bits per heavy atom. The number of para-hydroxylation sites is 1. The maximum absolute atomic E-state index is 14.5. The van der Waals surface area contributed by atoms with Gasteiger partial charge in [-0.05, 0) is 18.1 Å². The first-order valence-corrected chi connectivity index (χ1v) is 8.37. The molecule has 3 heteroatoms. The SMILES string of the molecule is C[NH+]1CCc2c(c3cccc(F)c3n2CCc2ccccc2)C1. The van der Waals surface area contributed by atoms with Crippen molar-refractivity contribution in [2.24, 2.45) is 0 Å². The van der Waals surface area contributed by atoms with Crippen molar-refractivity contribution in [3.05, 3.63) is 71.2 Å². The first kappa shape index (κ1) is 14.5. The van der Waals surface area contributed by atoms with Crippen LogP contribution in [0.1, 0.15) is 16.8 Å². The van der Waals surface area contributed by atoms with E-state index in [9.17, 15) is 4.39 Å². The summed E-state index contributed by atoms with van der Waals surface area (Å²) in [5.74, 6) is -0.0948. The van der Waals surface area contributed by atoms with Gasteiger partial charge in [0.1, 0.15) is 12.4 Å². The summed E-state index contributed by atoms with van der Waals surface area (Å²) in [6, 6.07) is 16.0. The van der Waals surface area contributed by atoms with Crippen molar-refractivity contribution >= 4 is 10.9 Å². The van der Waals surface area contributed by atoms with E-state index >= 15 is 0 Å². The van der Waals surface area contributed by atoms with Crippen molar-refractivity contribution in [1.29, 1.82) is 0 Å². The summed E-state index contributed by atoms with van der Waals surface area (Å²) < 4.78 is 16.8. The predicted molar refractivity (Wildman–Crippen MR) is 91.2 cm³/mol. The summed E-state index contributed by atoms with van der Waals surface area (Å²) in [5, 5.41) is 1.10. The Hall–Kier alpha value is -2.13. The van der Waals surface area contributed by atoms with Crippen LogP contribution in [0.2, 0.25) is 0 Å². The molecule has 0 saturated heterocycles. The van der Waals surface area contributed by atoms with E-state index < -0.39 is 0 Å². The first-order valence-electron chi connectivity index (χ1n) is 8.37. The normalized spacial score (nSPS) is 17.4. The number of aryl methyl sites for hydroxylation is 2. The van der Waals surface area contributed by atoms with E-state index in [1.54, 1.807) is 6.07 Å². The van der Waals surface area contributed by atoms with E-state index in [0.717, 1.165) is 43.4 Å². The van der Waals surface area contributed by atoms with E-state index in [2.05, 4.69) is 41.9 Å². The van der Waals surface area contributed by atoms with Crippen LogP contribution in [-0.4, -0.2) is 18.2 Å². The maximum Gasteiger partial charge on any atom is 0.147 e. The van der Waals surface area contributed by atoms with Crippen molar-refractivity contribution in [2.75, 3.05) is 13.6 Å². The Morgan fingerprint density at radius 2 is 1.91 bits per heavy atom. The highest BCUT2D eigenvalue weighted by Crippen LogP contribution is 2.29. The molecular weight excluding hydrogens is 287 g/mol. The standard InChI is InChI=1S/C20H21FN2/c1-22-12-11-19-17(14-22)16-8-5-9-18(21)20(16)23(19)13-10-15-6-3-2-4-7-15/h2-9H,10-14H2,1H3/p+1. The van der Waals surface area contributed by atoms with Gasteiger partial charge in [0.05, 0.1) is 19.1 Å². The Kier molecular flexibility index (Phi) is 3.66. The minimum atomic E-state index is -0.0948. The molecule has 0 saturated carbocycles. The zero-order chi connectivity index (χ0) is 15.8. The van der Waals surface area contributed by atoms with Crippen LogP contribution in [0.25, 0.3) is 10.9 Å². The molecule has 2 nitrogen and oxygen atoms in total. The topological polar surface area (TPSA) is 9.37 Å². The van der Waals surface area contributed by atoms with Gasteiger partial charge in [-0.15, -0.1) is 0 Å². The Bertz CT molecular complexity index is 836. The lowest BCUT2D eigenvalue weighted by atomic mass is 10.0. The zero-order valence-corrected chi connectivity index (χ0v) is 13.5. The number of halogens is 1. The zero-order valence-electron chi connectivity index (χ0n) is 13.5. The van der Waals surface area contributed by atoms with Gasteiger partial charge >= 0.3 is 0 Å². The predicted octanol–water partition coefficient (Wildman–Crippen LogP) is 2.59. The fourth-order valence-electron chi connectivity index (χ4n) is 3.82. The second-order valence-electron chi connectivity index (χ2n) is 6.58. The van der Waals surface area contributed by atoms with Crippen LogP contribution >= 0.6 is 0 Å². The molecule has 1 aliphatic rings. The minimum absolute atomic E-state index is 0.0948. The summed E-state index contributed by atoms with van der Waals surface area (Å²) >= 11 is 0. The van der Waals surface area contributed by atoms with Crippen LogP contribution in [0.5, 0.6) is 0 Å². The third kappa shape index (κ3) is 2.55. The highest BCUT2D eigenvalue weighted by atomic mass is 19.1. The molecule has 0 fully saturated rings. The second-order valence-corrected chi connectivity index (χ2v) is 6.58. The second kappa shape index (κ2) is 5.82. The summed E-state index contributed by atoms with van der Waals surface area (Å²) in [5.41, 5.74) is 4.78. The van der Waals surface area contributed by atoms with Crippen LogP contribution in [-0.2, 0) is 25.9 Å². The van der Waals surface area contributed by atoms with Gasteiger partial charge in [0.25, 0.3) is 0 Å².